The quantitative estimate of drug-likeness (QED) is 0.528. The number of pyridine rings is 1. The zero-order chi connectivity index (χ0) is 23.3. The summed E-state index contributed by atoms with van der Waals surface area (Å²) in [6, 6.07) is 5.11. The molecule has 2 aromatic heterocycles. The van der Waals surface area contributed by atoms with Crippen molar-refractivity contribution in [3.63, 3.8) is 0 Å². The van der Waals surface area contributed by atoms with Crippen molar-refractivity contribution in [2.45, 2.75) is 69.5 Å². The van der Waals surface area contributed by atoms with E-state index >= 15 is 0 Å². The Balaban J connectivity index is 1.47. The number of halogens is 1. The van der Waals surface area contributed by atoms with Crippen LogP contribution in [0.3, 0.4) is 0 Å². The van der Waals surface area contributed by atoms with Crippen LogP contribution in [0.1, 0.15) is 56.7 Å². The highest BCUT2D eigenvalue weighted by atomic mass is 35.5. The average Bonchev–Trinajstić information content (AvgIpc) is 3.49. The van der Waals surface area contributed by atoms with Crippen LogP contribution >= 0.6 is 11.6 Å². The lowest BCUT2D eigenvalue weighted by Crippen LogP contribution is -2.58. The number of carboxylic acid groups (broad SMARTS) is 1. The van der Waals surface area contributed by atoms with E-state index in [9.17, 15) is 19.5 Å². The molecule has 2 amide bonds. The summed E-state index contributed by atoms with van der Waals surface area (Å²) in [7, 11) is 0. The Morgan fingerprint density at radius 2 is 2.00 bits per heavy atom. The highest BCUT2D eigenvalue weighted by Gasteiger charge is 2.44. The summed E-state index contributed by atoms with van der Waals surface area (Å²) in [5.41, 5.74) is -0.111. The molecule has 3 aromatic rings. The third kappa shape index (κ3) is 3.55. The lowest BCUT2D eigenvalue weighted by Gasteiger charge is -2.29. The first-order chi connectivity index (χ1) is 15.8. The van der Waals surface area contributed by atoms with E-state index in [0.717, 1.165) is 12.8 Å². The number of carbonyl (C=O) groups excluding carboxylic acids is 1. The van der Waals surface area contributed by atoms with Crippen LogP contribution < -0.4 is 16.2 Å². The van der Waals surface area contributed by atoms with Crippen LogP contribution in [-0.4, -0.2) is 38.4 Å². The summed E-state index contributed by atoms with van der Waals surface area (Å²) in [4.78, 5) is 37.8. The van der Waals surface area contributed by atoms with Crippen LogP contribution in [0.2, 0.25) is 5.02 Å². The van der Waals surface area contributed by atoms with Gasteiger partial charge in [-0.15, -0.1) is 0 Å². The number of carbonyl (C=O) groups is 2. The van der Waals surface area contributed by atoms with Gasteiger partial charge >= 0.3 is 6.09 Å². The molecule has 1 aromatic carbocycles. The average molecular weight is 473 g/mol. The summed E-state index contributed by atoms with van der Waals surface area (Å²) in [5.74, 6) is 0.162. The number of aromatic nitrogens is 2. The van der Waals surface area contributed by atoms with Crippen molar-refractivity contribution in [2.75, 3.05) is 0 Å². The molecular weight excluding hydrogens is 448 g/mol. The lowest BCUT2D eigenvalue weighted by molar-refractivity contribution is -0.128. The number of nitrogens with zero attached hydrogens (tertiary/aromatic N) is 2. The lowest BCUT2D eigenvalue weighted by atomic mass is 9.96. The van der Waals surface area contributed by atoms with Crippen LogP contribution in [-0.2, 0) is 4.79 Å². The Bertz CT molecular complexity index is 1320. The zero-order valence-corrected chi connectivity index (χ0v) is 18.9. The number of hydrogen-bond donors (Lipinski definition) is 3. The van der Waals surface area contributed by atoms with Gasteiger partial charge in [0.2, 0.25) is 5.91 Å². The minimum atomic E-state index is -1.19. The Morgan fingerprint density at radius 3 is 2.73 bits per heavy atom. The van der Waals surface area contributed by atoms with Crippen molar-refractivity contribution in [3.8, 4) is 0 Å². The summed E-state index contributed by atoms with van der Waals surface area (Å²) in [5, 5.41) is 20.4. The predicted molar refractivity (Wildman–Crippen MR) is 123 cm³/mol. The van der Waals surface area contributed by atoms with Crippen LogP contribution in [0.15, 0.2) is 27.5 Å². The first kappa shape index (κ1) is 21.8. The van der Waals surface area contributed by atoms with E-state index in [1.165, 1.54) is 0 Å². The first-order valence-electron chi connectivity index (χ1n) is 11.2. The number of rotatable bonds is 4. The van der Waals surface area contributed by atoms with Crippen LogP contribution in [0.5, 0.6) is 0 Å². The second kappa shape index (κ2) is 8.06. The van der Waals surface area contributed by atoms with E-state index < -0.39 is 11.6 Å². The van der Waals surface area contributed by atoms with Gasteiger partial charge in [0.05, 0.1) is 10.5 Å². The second-order valence-corrected chi connectivity index (χ2v) is 9.54. The monoisotopic (exact) mass is 472 g/mol. The molecule has 0 spiro atoms. The van der Waals surface area contributed by atoms with E-state index in [1.54, 1.807) is 23.6 Å². The molecule has 174 valence electrons. The van der Waals surface area contributed by atoms with E-state index in [1.807, 2.05) is 6.07 Å². The van der Waals surface area contributed by atoms with Crippen molar-refractivity contribution in [1.82, 2.24) is 20.4 Å². The molecule has 2 saturated carbocycles. The topological polar surface area (TPSA) is 126 Å². The maximum absolute atomic E-state index is 13.5. The Kier molecular flexibility index (Phi) is 5.31. The molecule has 2 unspecified atom stereocenters. The number of benzene rings is 1. The molecule has 2 aliphatic rings. The van der Waals surface area contributed by atoms with Crippen molar-refractivity contribution < 1.29 is 19.2 Å². The van der Waals surface area contributed by atoms with E-state index in [4.69, 9.17) is 16.1 Å². The molecule has 2 heterocycles. The molecule has 3 N–H and O–H groups in total. The Hall–Kier alpha value is -3.07. The van der Waals surface area contributed by atoms with Gasteiger partial charge in [0.25, 0.3) is 5.56 Å². The molecule has 10 heteroatoms. The molecule has 2 fully saturated rings. The predicted octanol–water partition coefficient (Wildman–Crippen LogP) is 3.89. The molecular formula is C23H25ClN4O5. The standard InChI is InChI=1S/C23H25ClN4O5/c1-12-17-19(27-33-12)18-15(24)5-4-6-16(18)28(20(17)29)14-8-7-13(11-14)25-21(30)23(26-22(31)32)9-2-3-10-23/h4-6,13-14,26H,2-3,7-11H2,1H3,(H,25,30)(H,31,32). The van der Waals surface area contributed by atoms with Crippen molar-refractivity contribution in [1.29, 1.82) is 0 Å². The number of aryl methyl sites for hydroxylation is 1. The van der Waals surface area contributed by atoms with Crippen LogP contribution in [0, 0.1) is 6.92 Å². The highest BCUT2D eigenvalue weighted by Crippen LogP contribution is 2.37. The third-order valence-electron chi connectivity index (χ3n) is 7.13. The molecule has 9 nitrogen and oxygen atoms in total. The maximum Gasteiger partial charge on any atom is 0.405 e. The summed E-state index contributed by atoms with van der Waals surface area (Å²) in [6.07, 6.45) is 3.36. The molecule has 2 aliphatic carbocycles. The molecule has 0 bridgehead atoms. The molecule has 0 saturated heterocycles. The number of fused-ring (bicyclic) bond motifs is 3. The minimum Gasteiger partial charge on any atom is -0.465 e. The van der Waals surface area contributed by atoms with Crippen molar-refractivity contribution in [3.05, 3.63) is 39.3 Å². The fraction of sp³-hybridized carbons (Fsp3) is 0.478. The van der Waals surface area contributed by atoms with Crippen molar-refractivity contribution in [2.24, 2.45) is 0 Å². The highest BCUT2D eigenvalue weighted by molar-refractivity contribution is 6.37. The van der Waals surface area contributed by atoms with Gasteiger partial charge in [-0.2, -0.15) is 0 Å². The van der Waals surface area contributed by atoms with E-state index in [-0.39, 0.29) is 23.6 Å². The summed E-state index contributed by atoms with van der Waals surface area (Å²) < 4.78 is 7.07. The molecule has 2 atom stereocenters. The Labute approximate surface area is 194 Å². The van der Waals surface area contributed by atoms with E-state index in [2.05, 4.69) is 15.8 Å². The smallest absolute Gasteiger partial charge is 0.405 e. The minimum absolute atomic E-state index is 0.144. The molecule has 5 rings (SSSR count). The SMILES string of the molecule is Cc1onc2c1c(=O)n(C1CCC(NC(=O)C3(NC(=O)O)CCCC3)C1)c1cccc(Cl)c21. The fourth-order valence-electron chi connectivity index (χ4n) is 5.57. The maximum atomic E-state index is 13.5. The third-order valence-corrected chi connectivity index (χ3v) is 7.44. The molecule has 0 aliphatic heterocycles. The van der Waals surface area contributed by atoms with Gasteiger partial charge < -0.3 is 24.8 Å². The zero-order valence-electron chi connectivity index (χ0n) is 18.2. The van der Waals surface area contributed by atoms with Gasteiger partial charge in [0.1, 0.15) is 22.2 Å². The summed E-state index contributed by atoms with van der Waals surface area (Å²) >= 11 is 6.49. The van der Waals surface area contributed by atoms with Gasteiger partial charge in [-0.05, 0) is 51.2 Å². The van der Waals surface area contributed by atoms with Crippen molar-refractivity contribution >= 4 is 45.4 Å². The normalized spacial score (nSPS) is 22.1. The van der Waals surface area contributed by atoms with Crippen LogP contribution in [0.4, 0.5) is 4.79 Å². The second-order valence-electron chi connectivity index (χ2n) is 9.13. The fourth-order valence-corrected chi connectivity index (χ4v) is 5.83. The van der Waals surface area contributed by atoms with Crippen LogP contribution in [0.25, 0.3) is 21.8 Å². The van der Waals surface area contributed by atoms with Gasteiger partial charge in [-0.3, -0.25) is 9.59 Å². The summed E-state index contributed by atoms with van der Waals surface area (Å²) in [6.45, 7) is 1.71. The molecule has 0 radical (unpaired) electrons. The van der Waals surface area contributed by atoms with Gasteiger partial charge in [-0.25, -0.2) is 4.79 Å². The largest absolute Gasteiger partial charge is 0.465 e. The molecule has 33 heavy (non-hydrogen) atoms. The first-order valence-corrected chi connectivity index (χ1v) is 11.6. The van der Waals surface area contributed by atoms with Gasteiger partial charge in [-0.1, -0.05) is 35.7 Å². The number of nitrogens with one attached hydrogen (secondary N) is 2. The number of amides is 2. The van der Waals surface area contributed by atoms with Gasteiger partial charge in [0, 0.05) is 17.5 Å². The number of hydrogen-bond acceptors (Lipinski definition) is 5. The Morgan fingerprint density at radius 1 is 1.24 bits per heavy atom. The van der Waals surface area contributed by atoms with Gasteiger partial charge in [0.15, 0.2) is 0 Å². The van der Waals surface area contributed by atoms with E-state index in [0.29, 0.717) is 64.7 Å².